The van der Waals surface area contributed by atoms with E-state index in [1.54, 1.807) is 0 Å². The number of nitrogens with one attached hydrogen (secondary N) is 2. The standard InChI is InChI=1S/C18H27N3O2/c1-12-10-13(2)20-17(22)15(12)11-19-18(23)21-9-5-8-16(21)14-6-3-4-7-14/h10,14,16H,3-9,11H2,1-2H3,(H,19,23)(H,20,22)/t16-/m0/s1. The molecule has 0 spiro atoms. The molecule has 3 rings (SSSR count). The molecule has 126 valence electrons. The van der Waals surface area contributed by atoms with Crippen LogP contribution in [0.4, 0.5) is 4.79 Å². The van der Waals surface area contributed by atoms with Gasteiger partial charge in [0.1, 0.15) is 0 Å². The van der Waals surface area contributed by atoms with Crippen molar-refractivity contribution in [2.45, 2.75) is 65.0 Å². The van der Waals surface area contributed by atoms with Crippen LogP contribution in [-0.4, -0.2) is 28.5 Å². The molecule has 1 saturated heterocycles. The minimum absolute atomic E-state index is 0.0150. The molecule has 0 bridgehead atoms. The second kappa shape index (κ2) is 6.77. The van der Waals surface area contributed by atoms with Gasteiger partial charge in [-0.25, -0.2) is 4.79 Å². The largest absolute Gasteiger partial charge is 0.334 e. The molecule has 5 heteroatoms. The Bertz CT molecular complexity index is 632. The molecule has 1 aromatic rings. The zero-order valence-electron chi connectivity index (χ0n) is 14.2. The second-order valence-corrected chi connectivity index (χ2v) is 7.05. The van der Waals surface area contributed by atoms with E-state index in [1.807, 2.05) is 24.8 Å². The van der Waals surface area contributed by atoms with Gasteiger partial charge in [-0.2, -0.15) is 0 Å². The summed E-state index contributed by atoms with van der Waals surface area (Å²) >= 11 is 0. The Kier molecular flexibility index (Phi) is 4.74. The molecule has 1 saturated carbocycles. The fraction of sp³-hybridized carbons (Fsp3) is 0.667. The number of likely N-dealkylation sites (tertiary alicyclic amines) is 1. The molecule has 1 aliphatic heterocycles. The first-order valence-corrected chi connectivity index (χ1v) is 8.80. The summed E-state index contributed by atoms with van der Waals surface area (Å²) in [5, 5.41) is 2.96. The maximum Gasteiger partial charge on any atom is 0.317 e. The molecule has 2 aliphatic rings. The lowest BCUT2D eigenvalue weighted by Crippen LogP contribution is -2.45. The fourth-order valence-electron chi connectivity index (χ4n) is 4.24. The Labute approximate surface area is 137 Å². The highest BCUT2D eigenvalue weighted by molar-refractivity contribution is 5.75. The van der Waals surface area contributed by atoms with E-state index in [2.05, 4.69) is 10.3 Å². The number of urea groups is 1. The van der Waals surface area contributed by atoms with Crippen molar-refractivity contribution in [1.29, 1.82) is 0 Å². The summed E-state index contributed by atoms with van der Waals surface area (Å²) in [5.74, 6) is 0.674. The average Bonchev–Trinajstić information content (AvgIpc) is 3.16. The zero-order chi connectivity index (χ0) is 16.4. The van der Waals surface area contributed by atoms with Crippen LogP contribution in [-0.2, 0) is 6.54 Å². The van der Waals surface area contributed by atoms with E-state index in [0.717, 1.165) is 30.6 Å². The Morgan fingerprint density at radius 3 is 2.70 bits per heavy atom. The van der Waals surface area contributed by atoms with E-state index >= 15 is 0 Å². The minimum Gasteiger partial charge on any atom is -0.334 e. The van der Waals surface area contributed by atoms with Crippen LogP contribution < -0.4 is 10.9 Å². The van der Waals surface area contributed by atoms with Gasteiger partial charge >= 0.3 is 6.03 Å². The summed E-state index contributed by atoms with van der Waals surface area (Å²) in [6.07, 6.45) is 7.33. The summed E-state index contributed by atoms with van der Waals surface area (Å²) in [6, 6.07) is 2.33. The van der Waals surface area contributed by atoms with Crippen molar-refractivity contribution in [3.63, 3.8) is 0 Å². The van der Waals surface area contributed by atoms with Crippen molar-refractivity contribution < 1.29 is 4.79 Å². The third-order valence-electron chi connectivity index (χ3n) is 5.41. The molecule has 23 heavy (non-hydrogen) atoms. The summed E-state index contributed by atoms with van der Waals surface area (Å²) in [5.41, 5.74) is 2.33. The number of rotatable bonds is 3. The van der Waals surface area contributed by atoms with E-state index in [0.29, 0.717) is 24.1 Å². The van der Waals surface area contributed by atoms with Crippen molar-refractivity contribution in [2.24, 2.45) is 5.92 Å². The van der Waals surface area contributed by atoms with Crippen LogP contribution >= 0.6 is 0 Å². The van der Waals surface area contributed by atoms with Crippen LogP contribution in [0, 0.1) is 19.8 Å². The average molecular weight is 317 g/mol. The SMILES string of the molecule is Cc1cc(C)c(CNC(=O)N2CCC[C@H]2C2CCCC2)c(=O)[nH]1. The van der Waals surface area contributed by atoms with Crippen LogP contribution in [0.5, 0.6) is 0 Å². The maximum absolute atomic E-state index is 12.6. The van der Waals surface area contributed by atoms with Crippen molar-refractivity contribution in [3.05, 3.63) is 33.2 Å². The van der Waals surface area contributed by atoms with Crippen molar-refractivity contribution in [3.8, 4) is 0 Å². The molecule has 0 unspecified atom stereocenters. The quantitative estimate of drug-likeness (QED) is 0.900. The highest BCUT2D eigenvalue weighted by atomic mass is 16.2. The Morgan fingerprint density at radius 1 is 1.26 bits per heavy atom. The lowest BCUT2D eigenvalue weighted by molar-refractivity contribution is 0.172. The molecule has 1 aliphatic carbocycles. The van der Waals surface area contributed by atoms with Gasteiger partial charge in [0.05, 0.1) is 6.54 Å². The number of hydrogen-bond acceptors (Lipinski definition) is 2. The first-order valence-electron chi connectivity index (χ1n) is 8.80. The lowest BCUT2D eigenvalue weighted by atomic mass is 9.96. The van der Waals surface area contributed by atoms with Crippen LogP contribution in [0.3, 0.4) is 0 Å². The van der Waals surface area contributed by atoms with Crippen LogP contribution in [0.2, 0.25) is 0 Å². The third kappa shape index (κ3) is 3.43. The summed E-state index contributed by atoms with van der Waals surface area (Å²) in [4.78, 5) is 29.4. The maximum atomic E-state index is 12.6. The van der Waals surface area contributed by atoms with Crippen molar-refractivity contribution in [2.75, 3.05) is 6.54 Å². The van der Waals surface area contributed by atoms with Gasteiger partial charge in [0.15, 0.2) is 0 Å². The number of aryl methyl sites for hydroxylation is 2. The van der Waals surface area contributed by atoms with Gasteiger partial charge in [-0.15, -0.1) is 0 Å². The number of pyridine rings is 1. The van der Waals surface area contributed by atoms with Crippen LogP contribution in [0.1, 0.15) is 55.3 Å². The number of H-pyrrole nitrogens is 1. The van der Waals surface area contributed by atoms with Gasteiger partial charge < -0.3 is 15.2 Å². The second-order valence-electron chi connectivity index (χ2n) is 7.05. The molecule has 2 amide bonds. The first-order chi connectivity index (χ1) is 11.1. The molecule has 0 aromatic carbocycles. The topological polar surface area (TPSA) is 65.2 Å². The van der Waals surface area contributed by atoms with Gasteiger partial charge in [-0.05, 0) is 57.1 Å². The first kappa shape index (κ1) is 16.1. The van der Waals surface area contributed by atoms with Crippen LogP contribution in [0.15, 0.2) is 10.9 Å². The number of carbonyl (C=O) groups is 1. The third-order valence-corrected chi connectivity index (χ3v) is 5.41. The smallest absolute Gasteiger partial charge is 0.317 e. The Morgan fingerprint density at radius 2 is 2.00 bits per heavy atom. The molecular weight excluding hydrogens is 290 g/mol. The number of aromatic amines is 1. The number of hydrogen-bond donors (Lipinski definition) is 2. The highest BCUT2D eigenvalue weighted by Gasteiger charge is 2.35. The van der Waals surface area contributed by atoms with E-state index in [4.69, 9.17) is 0 Å². The predicted octanol–water partition coefficient (Wildman–Crippen LogP) is 2.86. The van der Waals surface area contributed by atoms with Gasteiger partial charge in [-0.1, -0.05) is 12.8 Å². The molecule has 2 fully saturated rings. The summed E-state index contributed by atoms with van der Waals surface area (Å²) < 4.78 is 0. The normalized spacial score (nSPS) is 21.8. The van der Waals surface area contributed by atoms with E-state index < -0.39 is 0 Å². The minimum atomic E-state index is -0.100. The molecular formula is C18H27N3O2. The van der Waals surface area contributed by atoms with Crippen molar-refractivity contribution >= 4 is 6.03 Å². The van der Waals surface area contributed by atoms with E-state index in [9.17, 15) is 9.59 Å². The fourth-order valence-corrected chi connectivity index (χ4v) is 4.24. The van der Waals surface area contributed by atoms with Gasteiger partial charge in [0, 0.05) is 23.8 Å². The van der Waals surface area contributed by atoms with Crippen LogP contribution in [0.25, 0.3) is 0 Å². The molecule has 2 heterocycles. The van der Waals surface area contributed by atoms with Gasteiger partial charge in [0.25, 0.3) is 5.56 Å². The lowest BCUT2D eigenvalue weighted by Gasteiger charge is -2.29. The van der Waals surface area contributed by atoms with Gasteiger partial charge in [0.2, 0.25) is 0 Å². The highest BCUT2D eigenvalue weighted by Crippen LogP contribution is 2.35. The summed E-state index contributed by atoms with van der Waals surface area (Å²) in [7, 11) is 0. The molecule has 5 nitrogen and oxygen atoms in total. The number of aromatic nitrogens is 1. The van der Waals surface area contributed by atoms with E-state index in [1.165, 1.54) is 25.7 Å². The Balaban J connectivity index is 1.64. The number of nitrogens with zero attached hydrogens (tertiary/aromatic N) is 1. The summed E-state index contributed by atoms with van der Waals surface area (Å²) in [6.45, 7) is 4.93. The molecule has 2 N–H and O–H groups in total. The van der Waals surface area contributed by atoms with Crippen molar-refractivity contribution in [1.82, 2.24) is 15.2 Å². The zero-order valence-corrected chi connectivity index (χ0v) is 14.2. The molecule has 1 atom stereocenters. The number of amides is 2. The number of carbonyl (C=O) groups excluding carboxylic acids is 1. The van der Waals surface area contributed by atoms with Gasteiger partial charge in [-0.3, -0.25) is 4.79 Å². The van der Waals surface area contributed by atoms with E-state index in [-0.39, 0.29) is 11.6 Å². The molecule has 0 radical (unpaired) electrons. The Hall–Kier alpha value is -1.78. The predicted molar refractivity (Wildman–Crippen MR) is 90.5 cm³/mol. The molecule has 1 aromatic heterocycles. The monoisotopic (exact) mass is 317 g/mol.